The second kappa shape index (κ2) is 7.07. The summed E-state index contributed by atoms with van der Waals surface area (Å²) in [6.45, 7) is 2.12. The van der Waals surface area contributed by atoms with Gasteiger partial charge in [-0.2, -0.15) is 42.0 Å². The van der Waals surface area contributed by atoms with Gasteiger partial charge in [-0.3, -0.25) is 0 Å². The Balaban J connectivity index is 0.00000161. The van der Waals surface area contributed by atoms with Gasteiger partial charge >= 0.3 is 31.1 Å². The van der Waals surface area contributed by atoms with Crippen LogP contribution in [0.4, 0.5) is 0 Å². The van der Waals surface area contributed by atoms with Gasteiger partial charge in [0, 0.05) is 6.07 Å². The van der Waals surface area contributed by atoms with E-state index in [9.17, 15) is 0 Å². The number of aromatic nitrogens is 1. The summed E-state index contributed by atoms with van der Waals surface area (Å²) in [5, 5.41) is 0. The first-order valence-corrected chi connectivity index (χ1v) is 6.71. The van der Waals surface area contributed by atoms with Crippen LogP contribution in [0.1, 0.15) is 5.56 Å². The molecule has 0 aliphatic carbocycles. The van der Waals surface area contributed by atoms with Crippen LogP contribution < -0.4 is 4.57 Å². The summed E-state index contributed by atoms with van der Waals surface area (Å²) < 4.78 is 2.12. The predicted molar refractivity (Wildman–Crippen MR) is 80.9 cm³/mol. The predicted octanol–water partition coefficient (Wildman–Crippen LogP) is 3.75. The Labute approximate surface area is 150 Å². The van der Waals surface area contributed by atoms with Crippen LogP contribution in [-0.4, -0.2) is 0 Å². The zero-order valence-corrected chi connectivity index (χ0v) is 16.4. The number of pyridine rings is 1. The van der Waals surface area contributed by atoms with E-state index < -0.39 is 0 Å². The molecule has 0 radical (unpaired) electrons. The molecule has 0 fully saturated rings. The van der Waals surface area contributed by atoms with Crippen molar-refractivity contribution in [1.29, 1.82) is 0 Å². The Morgan fingerprint density at radius 2 is 1.71 bits per heavy atom. The van der Waals surface area contributed by atoms with Crippen LogP contribution in [-0.2, 0) is 7.05 Å². The fourth-order valence-electron chi connectivity index (χ4n) is 2.33. The molecule has 2 heteroatoms. The minimum atomic E-state index is 0. The summed E-state index contributed by atoms with van der Waals surface area (Å²) in [5.41, 5.74) is 5.69. The fraction of sp³-hybridized carbons (Fsp3) is 0.105. The van der Waals surface area contributed by atoms with Crippen molar-refractivity contribution in [3.8, 4) is 22.4 Å². The van der Waals surface area contributed by atoms with Gasteiger partial charge in [0.25, 0.3) is 0 Å². The molecule has 0 bridgehead atoms. The van der Waals surface area contributed by atoms with Gasteiger partial charge < -0.3 is 0 Å². The SMILES string of the molecule is Cc1ccc(-c2[c-]cccc2)[c-]c1-c1cccc[n+]1C.[U+2]. The van der Waals surface area contributed by atoms with E-state index in [0.717, 1.165) is 16.7 Å². The molecule has 0 atom stereocenters. The third-order valence-electron chi connectivity index (χ3n) is 3.46. The Bertz CT molecular complexity index is 736. The Morgan fingerprint density at radius 1 is 0.905 bits per heavy atom. The standard InChI is InChI=1S/C19H16N.U/c1-15-11-12-17(16-8-4-3-5-9-16)14-18(15)19-10-6-7-13-20(19)2;/h3-8,10-13H,1-2H3;/q-1;+2. The summed E-state index contributed by atoms with van der Waals surface area (Å²) >= 11 is 0. The largest absolute Gasteiger partial charge is 2.00 e. The van der Waals surface area contributed by atoms with E-state index in [1.165, 1.54) is 11.3 Å². The number of rotatable bonds is 2. The summed E-state index contributed by atoms with van der Waals surface area (Å²) in [4.78, 5) is 0. The number of hydrogen-bond donors (Lipinski definition) is 0. The average molecular weight is 496 g/mol. The van der Waals surface area contributed by atoms with Gasteiger partial charge in [0.15, 0.2) is 6.20 Å². The van der Waals surface area contributed by atoms with Crippen LogP contribution in [0.25, 0.3) is 22.4 Å². The second-order valence-corrected chi connectivity index (χ2v) is 4.90. The molecule has 1 nitrogen and oxygen atoms in total. The normalized spacial score (nSPS) is 10.0. The van der Waals surface area contributed by atoms with E-state index in [1.807, 2.05) is 24.3 Å². The third kappa shape index (κ3) is 3.46. The molecule has 21 heavy (non-hydrogen) atoms. The summed E-state index contributed by atoms with van der Waals surface area (Å²) in [6, 6.07) is 25.3. The quantitative estimate of drug-likeness (QED) is 0.376. The monoisotopic (exact) mass is 496 g/mol. The smallest absolute Gasteiger partial charge is 0.234 e. The summed E-state index contributed by atoms with van der Waals surface area (Å²) in [5.74, 6) is 0. The molecule has 0 aliphatic rings. The van der Waals surface area contributed by atoms with Gasteiger partial charge in [-0.1, -0.05) is 18.6 Å². The molecule has 0 saturated heterocycles. The zero-order valence-electron chi connectivity index (χ0n) is 12.2. The summed E-state index contributed by atoms with van der Waals surface area (Å²) in [7, 11) is 2.06. The van der Waals surface area contributed by atoms with Crippen LogP contribution in [0.15, 0.2) is 60.8 Å². The van der Waals surface area contributed by atoms with Crippen LogP contribution in [0, 0.1) is 50.2 Å². The topological polar surface area (TPSA) is 3.88 Å². The van der Waals surface area contributed by atoms with Gasteiger partial charge in [0.2, 0.25) is 0 Å². The van der Waals surface area contributed by atoms with Crippen molar-refractivity contribution in [3.05, 3.63) is 78.5 Å². The Kier molecular flexibility index (Phi) is 5.40. The molecule has 100 valence electrons. The number of nitrogens with zero attached hydrogens (tertiary/aromatic N) is 1. The summed E-state index contributed by atoms with van der Waals surface area (Å²) in [6.07, 6.45) is 2.06. The van der Waals surface area contributed by atoms with Gasteiger partial charge in [-0.25, -0.2) is 10.1 Å². The number of benzene rings is 2. The minimum absolute atomic E-state index is 0. The Hall–Kier alpha value is -1.36. The van der Waals surface area contributed by atoms with Crippen molar-refractivity contribution in [1.82, 2.24) is 0 Å². The molecule has 0 aliphatic heterocycles. The van der Waals surface area contributed by atoms with Crippen molar-refractivity contribution in [3.63, 3.8) is 0 Å². The first-order chi connectivity index (χ1) is 9.75. The number of aryl methyl sites for hydroxylation is 2. The van der Waals surface area contributed by atoms with Gasteiger partial charge in [-0.15, -0.1) is 17.7 Å². The van der Waals surface area contributed by atoms with Crippen molar-refractivity contribution < 1.29 is 35.7 Å². The van der Waals surface area contributed by atoms with Crippen molar-refractivity contribution in [2.75, 3.05) is 0 Å². The third-order valence-corrected chi connectivity index (χ3v) is 3.46. The molecule has 1 heterocycles. The molecule has 0 N–H and O–H groups in total. The number of hydrogen-bond acceptors (Lipinski definition) is 0. The molecule has 3 aromatic rings. The van der Waals surface area contributed by atoms with E-state index in [4.69, 9.17) is 0 Å². The van der Waals surface area contributed by atoms with E-state index >= 15 is 0 Å². The fourth-order valence-corrected chi connectivity index (χ4v) is 2.33. The van der Waals surface area contributed by atoms with Crippen LogP contribution in [0.5, 0.6) is 0 Å². The molecule has 1 aromatic heterocycles. The van der Waals surface area contributed by atoms with Crippen molar-refractivity contribution >= 4 is 0 Å². The van der Waals surface area contributed by atoms with E-state index in [-0.39, 0.29) is 31.1 Å². The molecule has 3 rings (SSSR count). The average Bonchev–Trinajstić information content (AvgIpc) is 2.49. The van der Waals surface area contributed by atoms with Crippen LogP contribution >= 0.6 is 0 Å². The van der Waals surface area contributed by atoms with Gasteiger partial charge in [0.05, 0.1) is 0 Å². The van der Waals surface area contributed by atoms with E-state index in [0.29, 0.717) is 0 Å². The molecular formula is C19H16NU+. The molecule has 0 spiro atoms. The van der Waals surface area contributed by atoms with Crippen LogP contribution in [0.3, 0.4) is 0 Å². The van der Waals surface area contributed by atoms with Crippen LogP contribution in [0.2, 0.25) is 0 Å². The maximum atomic E-state index is 3.53. The zero-order chi connectivity index (χ0) is 13.9. The molecule has 0 unspecified atom stereocenters. The first-order valence-electron chi connectivity index (χ1n) is 6.71. The Morgan fingerprint density at radius 3 is 2.43 bits per heavy atom. The van der Waals surface area contributed by atoms with Gasteiger partial charge in [0.1, 0.15) is 12.7 Å². The van der Waals surface area contributed by atoms with Crippen molar-refractivity contribution in [2.24, 2.45) is 7.05 Å². The molecular weight excluding hydrogens is 480 g/mol. The maximum Gasteiger partial charge on any atom is 2.00 e. The van der Waals surface area contributed by atoms with Gasteiger partial charge in [-0.05, 0) is 6.07 Å². The minimum Gasteiger partial charge on any atom is -0.234 e. The molecule has 0 saturated carbocycles. The molecule has 2 aromatic carbocycles. The van der Waals surface area contributed by atoms with Crippen molar-refractivity contribution in [2.45, 2.75) is 6.92 Å². The molecule has 0 amide bonds. The van der Waals surface area contributed by atoms with E-state index in [1.54, 1.807) is 0 Å². The maximum absolute atomic E-state index is 3.53. The van der Waals surface area contributed by atoms with E-state index in [2.05, 4.69) is 67.2 Å². The second-order valence-electron chi connectivity index (χ2n) is 4.90. The first kappa shape index (κ1) is 16.0.